The second-order valence-corrected chi connectivity index (χ2v) is 6.39. The fraction of sp³-hybridized carbons (Fsp3) is 0.333. The number of benzene rings is 1. The Kier molecular flexibility index (Phi) is 5.20. The molecule has 1 unspecified atom stereocenters. The lowest BCUT2D eigenvalue weighted by Crippen LogP contribution is -2.34. The molecule has 3 N–H and O–H groups in total. The van der Waals surface area contributed by atoms with Crippen LogP contribution in [-0.4, -0.2) is 14.5 Å². The van der Waals surface area contributed by atoms with Crippen molar-refractivity contribution in [3.63, 3.8) is 0 Å². The molecule has 6 heteroatoms. The molecular weight excluding hydrogens is 316 g/mol. The van der Waals surface area contributed by atoms with E-state index in [1.807, 2.05) is 6.92 Å². The number of terminal acetylenes is 1. The maximum Gasteiger partial charge on any atom is 0.240 e. The third-order valence-electron chi connectivity index (χ3n) is 2.46. The summed E-state index contributed by atoms with van der Waals surface area (Å²) >= 11 is 3.20. The topological polar surface area (TPSA) is 72.2 Å². The van der Waals surface area contributed by atoms with Crippen molar-refractivity contribution >= 4 is 31.6 Å². The SMILES string of the molecule is C#CCC(CC)NS(=O)(=O)c1ccc(N)c(Br)c1. The number of hydrogen-bond acceptors (Lipinski definition) is 3. The van der Waals surface area contributed by atoms with Gasteiger partial charge in [0.1, 0.15) is 0 Å². The van der Waals surface area contributed by atoms with Crippen molar-refractivity contribution in [2.45, 2.75) is 30.7 Å². The lowest BCUT2D eigenvalue weighted by Gasteiger charge is -2.15. The molecule has 0 aliphatic heterocycles. The van der Waals surface area contributed by atoms with Crippen LogP contribution in [0.25, 0.3) is 0 Å². The van der Waals surface area contributed by atoms with Crippen LogP contribution in [0.3, 0.4) is 0 Å². The van der Waals surface area contributed by atoms with Gasteiger partial charge in [-0.3, -0.25) is 0 Å². The Hall–Kier alpha value is -1.03. The maximum atomic E-state index is 12.1. The third-order valence-corrected chi connectivity index (χ3v) is 4.67. The van der Waals surface area contributed by atoms with Crippen molar-refractivity contribution < 1.29 is 8.42 Å². The van der Waals surface area contributed by atoms with Gasteiger partial charge in [-0.15, -0.1) is 12.3 Å². The highest BCUT2D eigenvalue weighted by Crippen LogP contribution is 2.23. The number of hydrogen-bond donors (Lipinski definition) is 2. The van der Waals surface area contributed by atoms with Gasteiger partial charge in [-0.2, -0.15) is 0 Å². The molecule has 0 aliphatic carbocycles. The van der Waals surface area contributed by atoms with E-state index in [4.69, 9.17) is 12.2 Å². The van der Waals surface area contributed by atoms with Gasteiger partial charge in [0.05, 0.1) is 4.90 Å². The van der Waals surface area contributed by atoms with Crippen molar-refractivity contribution in [3.05, 3.63) is 22.7 Å². The molecule has 1 aromatic rings. The smallest absolute Gasteiger partial charge is 0.240 e. The summed E-state index contributed by atoms with van der Waals surface area (Å²) in [7, 11) is -3.56. The fourth-order valence-corrected chi connectivity index (χ4v) is 3.25. The lowest BCUT2D eigenvalue weighted by atomic mass is 10.2. The first-order valence-electron chi connectivity index (χ1n) is 5.41. The summed E-state index contributed by atoms with van der Waals surface area (Å²) in [5.41, 5.74) is 6.11. The number of nitrogen functional groups attached to an aromatic ring is 1. The Balaban J connectivity index is 2.99. The summed E-state index contributed by atoms with van der Waals surface area (Å²) in [4.78, 5) is 0.166. The van der Waals surface area contributed by atoms with Gasteiger partial charge in [-0.1, -0.05) is 6.92 Å². The number of sulfonamides is 1. The summed E-state index contributed by atoms with van der Waals surface area (Å²) in [6, 6.07) is 4.22. The van der Waals surface area contributed by atoms with Crippen LogP contribution < -0.4 is 10.5 Å². The van der Waals surface area contributed by atoms with E-state index in [0.29, 0.717) is 23.0 Å². The third kappa shape index (κ3) is 3.73. The minimum absolute atomic E-state index is 0.166. The molecule has 0 aromatic heterocycles. The molecule has 1 atom stereocenters. The summed E-state index contributed by atoms with van der Waals surface area (Å²) < 4.78 is 27.3. The highest BCUT2D eigenvalue weighted by atomic mass is 79.9. The van der Waals surface area contributed by atoms with Crippen molar-refractivity contribution in [2.75, 3.05) is 5.73 Å². The van der Waals surface area contributed by atoms with Crippen LogP contribution in [0.2, 0.25) is 0 Å². The van der Waals surface area contributed by atoms with Gasteiger partial charge >= 0.3 is 0 Å². The van der Waals surface area contributed by atoms with Gasteiger partial charge in [0.15, 0.2) is 0 Å². The van der Waals surface area contributed by atoms with Gasteiger partial charge in [0.25, 0.3) is 0 Å². The Bertz CT molecular complexity index is 564. The van der Waals surface area contributed by atoms with Gasteiger partial charge in [-0.25, -0.2) is 13.1 Å². The number of nitrogens with two attached hydrogens (primary N) is 1. The minimum Gasteiger partial charge on any atom is -0.398 e. The first-order valence-corrected chi connectivity index (χ1v) is 7.69. The predicted molar refractivity (Wildman–Crippen MR) is 76.4 cm³/mol. The maximum absolute atomic E-state index is 12.1. The molecule has 18 heavy (non-hydrogen) atoms. The van der Waals surface area contributed by atoms with Crippen LogP contribution in [0.15, 0.2) is 27.6 Å². The summed E-state index contributed by atoms with van der Waals surface area (Å²) in [6.07, 6.45) is 6.20. The largest absolute Gasteiger partial charge is 0.398 e. The zero-order chi connectivity index (χ0) is 13.8. The monoisotopic (exact) mass is 330 g/mol. The fourth-order valence-electron chi connectivity index (χ4n) is 1.37. The molecule has 4 nitrogen and oxygen atoms in total. The predicted octanol–water partition coefficient (Wildman–Crippen LogP) is 2.11. The Labute approximate surface area is 116 Å². The molecule has 1 rings (SSSR count). The van der Waals surface area contributed by atoms with Gasteiger partial charge in [0.2, 0.25) is 10.0 Å². The first kappa shape index (κ1) is 15.0. The lowest BCUT2D eigenvalue weighted by molar-refractivity contribution is 0.544. The number of anilines is 1. The standard InChI is InChI=1S/C12H15BrN2O2S/c1-3-5-9(4-2)15-18(16,17)10-6-7-12(14)11(13)8-10/h1,6-9,15H,4-5,14H2,2H3. The van der Waals surface area contributed by atoms with Gasteiger partial charge in [0, 0.05) is 22.6 Å². The number of rotatable bonds is 5. The van der Waals surface area contributed by atoms with E-state index in [1.165, 1.54) is 12.1 Å². The molecule has 0 saturated heterocycles. The second-order valence-electron chi connectivity index (χ2n) is 3.82. The molecule has 0 saturated carbocycles. The zero-order valence-corrected chi connectivity index (χ0v) is 12.4. The van der Waals surface area contributed by atoms with Crippen LogP contribution in [0.5, 0.6) is 0 Å². The number of nitrogens with one attached hydrogen (secondary N) is 1. The van der Waals surface area contributed by atoms with Crippen LogP contribution in [0.4, 0.5) is 5.69 Å². The van der Waals surface area contributed by atoms with Crippen LogP contribution in [0, 0.1) is 12.3 Å². The van der Waals surface area contributed by atoms with E-state index >= 15 is 0 Å². The average Bonchev–Trinajstić information content (AvgIpc) is 2.31. The van der Waals surface area contributed by atoms with Crippen molar-refractivity contribution in [1.82, 2.24) is 4.72 Å². The Morgan fingerprint density at radius 3 is 2.72 bits per heavy atom. The molecule has 0 heterocycles. The van der Waals surface area contributed by atoms with Crippen molar-refractivity contribution in [3.8, 4) is 12.3 Å². The van der Waals surface area contributed by atoms with E-state index in [-0.39, 0.29) is 10.9 Å². The number of halogens is 1. The summed E-state index contributed by atoms with van der Waals surface area (Å²) in [5.74, 6) is 2.46. The summed E-state index contributed by atoms with van der Waals surface area (Å²) in [5, 5.41) is 0. The first-order chi connectivity index (χ1) is 8.40. The highest BCUT2D eigenvalue weighted by Gasteiger charge is 2.19. The summed E-state index contributed by atoms with van der Waals surface area (Å²) in [6.45, 7) is 1.88. The molecule has 0 spiro atoms. The average molecular weight is 331 g/mol. The van der Waals surface area contributed by atoms with Gasteiger partial charge < -0.3 is 5.73 Å². The normalized spacial score (nSPS) is 12.9. The Morgan fingerprint density at radius 2 is 2.22 bits per heavy atom. The van der Waals surface area contributed by atoms with Crippen molar-refractivity contribution in [2.24, 2.45) is 0 Å². The molecule has 0 radical (unpaired) electrons. The molecule has 98 valence electrons. The molecule has 1 aromatic carbocycles. The molecule has 0 fully saturated rings. The van der Waals surface area contributed by atoms with Crippen molar-refractivity contribution in [1.29, 1.82) is 0 Å². The highest BCUT2D eigenvalue weighted by molar-refractivity contribution is 9.10. The van der Waals surface area contributed by atoms with E-state index in [1.54, 1.807) is 6.07 Å². The quantitative estimate of drug-likeness (QED) is 0.641. The minimum atomic E-state index is -3.56. The Morgan fingerprint density at radius 1 is 1.56 bits per heavy atom. The van der Waals surface area contributed by atoms with Crippen LogP contribution in [0.1, 0.15) is 19.8 Å². The van der Waals surface area contributed by atoms with Crippen LogP contribution >= 0.6 is 15.9 Å². The second kappa shape index (κ2) is 6.23. The van der Waals surface area contributed by atoms with E-state index in [9.17, 15) is 8.42 Å². The molecule has 0 aliphatic rings. The van der Waals surface area contributed by atoms with E-state index in [0.717, 1.165) is 0 Å². The molecule has 0 bridgehead atoms. The zero-order valence-electron chi connectivity index (χ0n) is 9.98. The van der Waals surface area contributed by atoms with Gasteiger partial charge in [-0.05, 0) is 40.5 Å². The van der Waals surface area contributed by atoms with E-state index < -0.39 is 10.0 Å². The molecule has 0 amide bonds. The molecular formula is C12H15BrN2O2S. The van der Waals surface area contributed by atoms with Crippen LogP contribution in [-0.2, 0) is 10.0 Å². The van der Waals surface area contributed by atoms with E-state index in [2.05, 4.69) is 26.6 Å².